The molecule has 0 saturated carbocycles. The van der Waals surface area contributed by atoms with E-state index in [1.165, 1.54) is 12.1 Å². The van der Waals surface area contributed by atoms with Gasteiger partial charge in [-0.1, -0.05) is 30.9 Å². The molecule has 0 unspecified atom stereocenters. The second kappa shape index (κ2) is 3.57. The van der Waals surface area contributed by atoms with Gasteiger partial charge in [0.1, 0.15) is 0 Å². The number of benzene rings is 1. The molecule has 14 heavy (non-hydrogen) atoms. The van der Waals surface area contributed by atoms with Crippen LogP contribution in [0.2, 0.25) is 0 Å². The minimum atomic E-state index is -3.85. The Kier molecular flexibility index (Phi) is 2.65. The van der Waals surface area contributed by atoms with E-state index < -0.39 is 17.5 Å². The fourth-order valence-electron chi connectivity index (χ4n) is 0.984. The van der Waals surface area contributed by atoms with Crippen LogP contribution in [0.15, 0.2) is 30.8 Å². The zero-order valence-electron chi connectivity index (χ0n) is 7.21. The van der Waals surface area contributed by atoms with Gasteiger partial charge in [0, 0.05) is 5.56 Å². The second-order valence-electron chi connectivity index (χ2n) is 2.71. The summed E-state index contributed by atoms with van der Waals surface area (Å²) in [7, 11) is 0. The van der Waals surface area contributed by atoms with Crippen LogP contribution in [0.4, 0.5) is 8.78 Å². The lowest BCUT2D eigenvalue weighted by Gasteiger charge is -2.11. The highest BCUT2D eigenvalue weighted by atomic mass is 19.3. The maximum absolute atomic E-state index is 13.0. The van der Waals surface area contributed by atoms with Gasteiger partial charge >= 0.3 is 11.9 Å². The number of aliphatic carboxylic acids is 1. The summed E-state index contributed by atoms with van der Waals surface area (Å²) in [6.45, 7) is 3.41. The summed E-state index contributed by atoms with van der Waals surface area (Å²) in [5.74, 6) is -6.00. The molecule has 1 aromatic carbocycles. The van der Waals surface area contributed by atoms with Crippen molar-refractivity contribution in [2.45, 2.75) is 5.92 Å². The molecule has 0 spiro atoms. The van der Waals surface area contributed by atoms with E-state index >= 15 is 0 Å². The summed E-state index contributed by atoms with van der Waals surface area (Å²) in [4.78, 5) is 10.2. The van der Waals surface area contributed by atoms with E-state index in [9.17, 15) is 13.6 Å². The van der Waals surface area contributed by atoms with Crippen LogP contribution in [0.1, 0.15) is 11.1 Å². The molecule has 1 aromatic rings. The monoisotopic (exact) mass is 198 g/mol. The number of hydrogen-bond acceptors (Lipinski definition) is 1. The van der Waals surface area contributed by atoms with Gasteiger partial charge in [0.05, 0.1) is 0 Å². The van der Waals surface area contributed by atoms with Crippen LogP contribution in [0.25, 0.3) is 6.08 Å². The fraction of sp³-hybridized carbons (Fsp3) is 0.100. The molecule has 1 rings (SSSR count). The first-order valence-corrected chi connectivity index (χ1v) is 3.82. The average Bonchev–Trinajstić information content (AvgIpc) is 2.17. The average molecular weight is 198 g/mol. The van der Waals surface area contributed by atoms with Crippen molar-refractivity contribution in [2.75, 3.05) is 0 Å². The third kappa shape index (κ3) is 1.79. The molecule has 0 aromatic heterocycles. The van der Waals surface area contributed by atoms with Crippen LogP contribution < -0.4 is 0 Å². The Morgan fingerprint density at radius 3 is 2.64 bits per heavy atom. The maximum Gasteiger partial charge on any atom is 0.379 e. The number of carboxylic acids is 1. The molecular weight excluding hydrogens is 190 g/mol. The first-order chi connectivity index (χ1) is 6.48. The Bertz CT molecular complexity index is 372. The zero-order chi connectivity index (χ0) is 10.8. The highest BCUT2D eigenvalue weighted by Gasteiger charge is 2.40. The van der Waals surface area contributed by atoms with E-state index in [-0.39, 0.29) is 0 Å². The third-order valence-electron chi connectivity index (χ3n) is 1.75. The van der Waals surface area contributed by atoms with Crippen LogP contribution in [-0.4, -0.2) is 11.1 Å². The van der Waals surface area contributed by atoms with Gasteiger partial charge in [0.2, 0.25) is 0 Å². The normalized spacial score (nSPS) is 11.0. The summed E-state index contributed by atoms with van der Waals surface area (Å²) >= 11 is 0. The lowest BCUT2D eigenvalue weighted by molar-refractivity contribution is -0.166. The van der Waals surface area contributed by atoms with Gasteiger partial charge in [0.25, 0.3) is 0 Å². The largest absolute Gasteiger partial charge is 0.477 e. The number of carbonyl (C=O) groups is 1. The summed E-state index contributed by atoms with van der Waals surface area (Å²) < 4.78 is 25.9. The molecule has 74 valence electrons. The molecule has 4 heteroatoms. The molecule has 0 atom stereocenters. The van der Waals surface area contributed by atoms with Crippen molar-refractivity contribution in [2.24, 2.45) is 0 Å². The minimum absolute atomic E-state index is 0.462. The van der Waals surface area contributed by atoms with Gasteiger partial charge in [-0.2, -0.15) is 8.78 Å². The van der Waals surface area contributed by atoms with E-state index in [0.29, 0.717) is 5.56 Å². The molecular formula is C10H8F2O2. The molecule has 0 aliphatic carbocycles. The minimum Gasteiger partial charge on any atom is -0.477 e. The lowest BCUT2D eigenvalue weighted by atomic mass is 10.1. The third-order valence-corrected chi connectivity index (χ3v) is 1.75. The smallest absolute Gasteiger partial charge is 0.379 e. The zero-order valence-corrected chi connectivity index (χ0v) is 7.21. The van der Waals surface area contributed by atoms with Crippen molar-refractivity contribution in [1.82, 2.24) is 0 Å². The number of rotatable bonds is 3. The Morgan fingerprint density at radius 1 is 1.50 bits per heavy atom. The number of halogens is 2. The topological polar surface area (TPSA) is 37.3 Å². The van der Waals surface area contributed by atoms with Crippen molar-refractivity contribution >= 4 is 12.0 Å². The highest BCUT2D eigenvalue weighted by Crippen LogP contribution is 2.28. The number of hydrogen-bond donors (Lipinski definition) is 1. The van der Waals surface area contributed by atoms with E-state index in [1.807, 2.05) is 0 Å². The molecule has 0 bridgehead atoms. The Morgan fingerprint density at radius 2 is 2.14 bits per heavy atom. The van der Waals surface area contributed by atoms with Crippen molar-refractivity contribution < 1.29 is 18.7 Å². The number of carboxylic acid groups (broad SMARTS) is 1. The van der Waals surface area contributed by atoms with Crippen LogP contribution in [-0.2, 0) is 10.7 Å². The van der Waals surface area contributed by atoms with Gasteiger partial charge in [0.15, 0.2) is 0 Å². The molecule has 0 aliphatic rings. The molecule has 1 N–H and O–H groups in total. The molecule has 0 amide bonds. The van der Waals surface area contributed by atoms with Gasteiger partial charge in [-0.25, -0.2) is 4.79 Å². The molecule has 0 heterocycles. The van der Waals surface area contributed by atoms with Crippen LogP contribution in [0.3, 0.4) is 0 Å². The summed E-state index contributed by atoms with van der Waals surface area (Å²) in [6, 6.07) is 5.10. The van der Waals surface area contributed by atoms with Crippen molar-refractivity contribution in [3.63, 3.8) is 0 Å². The SMILES string of the molecule is C=Cc1cccc(C(F)(F)C(=O)O)c1. The molecule has 2 nitrogen and oxygen atoms in total. The van der Waals surface area contributed by atoms with E-state index in [0.717, 1.165) is 12.1 Å². The van der Waals surface area contributed by atoms with Gasteiger partial charge in [-0.05, 0) is 11.6 Å². The summed E-state index contributed by atoms with van der Waals surface area (Å²) in [5, 5.41) is 8.28. The standard InChI is InChI=1S/C10H8F2O2/c1-2-7-4-3-5-8(6-7)10(11,12)9(13)14/h2-6H,1H2,(H,13,14). The number of alkyl halides is 2. The quantitative estimate of drug-likeness (QED) is 0.810. The summed E-state index contributed by atoms with van der Waals surface area (Å²) in [5.41, 5.74) is -0.0779. The fourth-order valence-corrected chi connectivity index (χ4v) is 0.984. The Balaban J connectivity index is 3.18. The molecule has 0 saturated heterocycles. The molecule has 0 radical (unpaired) electrons. The van der Waals surface area contributed by atoms with Crippen molar-refractivity contribution in [3.8, 4) is 0 Å². The van der Waals surface area contributed by atoms with Crippen molar-refractivity contribution in [1.29, 1.82) is 0 Å². The van der Waals surface area contributed by atoms with Crippen LogP contribution >= 0.6 is 0 Å². The van der Waals surface area contributed by atoms with Gasteiger partial charge in [-0.3, -0.25) is 0 Å². The molecule has 0 fully saturated rings. The first kappa shape index (κ1) is 10.4. The first-order valence-electron chi connectivity index (χ1n) is 3.82. The molecule has 0 aliphatic heterocycles. The van der Waals surface area contributed by atoms with E-state index in [2.05, 4.69) is 6.58 Å². The Hall–Kier alpha value is -1.71. The highest BCUT2D eigenvalue weighted by molar-refractivity contribution is 5.77. The predicted octanol–water partition coefficient (Wildman–Crippen LogP) is 2.51. The van der Waals surface area contributed by atoms with Crippen molar-refractivity contribution in [3.05, 3.63) is 42.0 Å². The second-order valence-corrected chi connectivity index (χ2v) is 2.71. The lowest BCUT2D eigenvalue weighted by Crippen LogP contribution is -2.25. The van der Waals surface area contributed by atoms with Gasteiger partial charge < -0.3 is 5.11 Å². The Labute approximate surface area is 79.5 Å². The van der Waals surface area contributed by atoms with E-state index in [1.54, 1.807) is 6.07 Å². The maximum atomic E-state index is 13.0. The van der Waals surface area contributed by atoms with E-state index in [4.69, 9.17) is 5.11 Å². The van der Waals surface area contributed by atoms with Crippen LogP contribution in [0.5, 0.6) is 0 Å². The van der Waals surface area contributed by atoms with Gasteiger partial charge in [-0.15, -0.1) is 0 Å². The van der Waals surface area contributed by atoms with Crippen LogP contribution in [0, 0.1) is 0 Å². The summed E-state index contributed by atoms with van der Waals surface area (Å²) in [6.07, 6.45) is 1.38. The predicted molar refractivity (Wildman–Crippen MR) is 48.1 cm³/mol.